The van der Waals surface area contributed by atoms with Crippen molar-refractivity contribution in [1.82, 2.24) is 0 Å². The Bertz CT molecular complexity index is 391. The molecule has 1 saturated carbocycles. The molecule has 1 aromatic rings. The van der Waals surface area contributed by atoms with Crippen molar-refractivity contribution in [2.45, 2.75) is 44.7 Å². The zero-order chi connectivity index (χ0) is 11.6. The van der Waals surface area contributed by atoms with Gasteiger partial charge in [-0.1, -0.05) is 30.7 Å². The van der Waals surface area contributed by atoms with Gasteiger partial charge in [0.1, 0.15) is 5.67 Å². The SMILES string of the molecule is CC(=O)c1ccccc1C1(F)CCCCC1. The first kappa shape index (κ1) is 11.3. The van der Waals surface area contributed by atoms with Crippen LogP contribution >= 0.6 is 0 Å². The summed E-state index contributed by atoms with van der Waals surface area (Å²) in [4.78, 5) is 11.5. The topological polar surface area (TPSA) is 17.1 Å². The van der Waals surface area contributed by atoms with Crippen LogP contribution in [-0.2, 0) is 5.67 Å². The summed E-state index contributed by atoms with van der Waals surface area (Å²) in [5.41, 5.74) is -0.130. The van der Waals surface area contributed by atoms with Crippen LogP contribution in [0.2, 0.25) is 0 Å². The van der Waals surface area contributed by atoms with Gasteiger partial charge in [-0.15, -0.1) is 0 Å². The molecule has 1 aliphatic carbocycles. The number of Topliss-reactive ketones (excluding diaryl/α,β-unsaturated/α-hetero) is 1. The second-order valence-electron chi connectivity index (χ2n) is 4.63. The number of halogens is 1. The molecule has 16 heavy (non-hydrogen) atoms. The van der Waals surface area contributed by atoms with E-state index in [0.29, 0.717) is 24.0 Å². The van der Waals surface area contributed by atoms with Gasteiger partial charge in [-0.2, -0.15) is 0 Å². The fraction of sp³-hybridized carbons (Fsp3) is 0.500. The second kappa shape index (κ2) is 4.36. The van der Waals surface area contributed by atoms with E-state index in [1.807, 2.05) is 6.07 Å². The minimum absolute atomic E-state index is 0.0433. The molecular weight excluding hydrogens is 203 g/mol. The summed E-state index contributed by atoms with van der Waals surface area (Å²) in [6.07, 6.45) is 4.05. The number of carbonyl (C=O) groups is 1. The van der Waals surface area contributed by atoms with E-state index in [0.717, 1.165) is 19.3 Å². The Morgan fingerprint density at radius 2 is 1.81 bits per heavy atom. The van der Waals surface area contributed by atoms with Crippen molar-refractivity contribution in [2.75, 3.05) is 0 Å². The molecule has 1 aliphatic rings. The smallest absolute Gasteiger partial charge is 0.160 e. The van der Waals surface area contributed by atoms with E-state index in [1.165, 1.54) is 6.92 Å². The molecule has 0 amide bonds. The van der Waals surface area contributed by atoms with Crippen LogP contribution in [0.4, 0.5) is 4.39 Å². The third-order valence-corrected chi connectivity index (χ3v) is 3.44. The van der Waals surface area contributed by atoms with Crippen molar-refractivity contribution < 1.29 is 9.18 Å². The maximum Gasteiger partial charge on any atom is 0.160 e. The van der Waals surface area contributed by atoms with Crippen LogP contribution in [0, 0.1) is 0 Å². The van der Waals surface area contributed by atoms with E-state index in [1.54, 1.807) is 18.2 Å². The lowest BCUT2D eigenvalue weighted by molar-refractivity contribution is 0.0947. The molecular formula is C14H17FO. The molecule has 0 atom stereocenters. The maximum atomic E-state index is 14.8. The molecule has 86 valence electrons. The minimum Gasteiger partial charge on any atom is -0.294 e. The lowest BCUT2D eigenvalue weighted by Crippen LogP contribution is -2.25. The molecule has 0 aliphatic heterocycles. The van der Waals surface area contributed by atoms with E-state index in [4.69, 9.17) is 0 Å². The highest BCUT2D eigenvalue weighted by Gasteiger charge is 2.35. The predicted octanol–water partition coefficient (Wildman–Crippen LogP) is 4.02. The predicted molar refractivity (Wildman–Crippen MR) is 62.3 cm³/mol. The van der Waals surface area contributed by atoms with Crippen LogP contribution in [0.15, 0.2) is 24.3 Å². The van der Waals surface area contributed by atoms with Crippen molar-refractivity contribution in [2.24, 2.45) is 0 Å². The number of ketones is 1. The number of hydrogen-bond acceptors (Lipinski definition) is 1. The second-order valence-corrected chi connectivity index (χ2v) is 4.63. The van der Waals surface area contributed by atoms with Crippen LogP contribution in [0.5, 0.6) is 0 Å². The van der Waals surface area contributed by atoms with E-state index in [9.17, 15) is 9.18 Å². The first-order valence-corrected chi connectivity index (χ1v) is 5.93. The van der Waals surface area contributed by atoms with Crippen LogP contribution in [0.1, 0.15) is 54.9 Å². The summed E-state index contributed by atoms with van der Waals surface area (Å²) >= 11 is 0. The Hall–Kier alpha value is -1.18. The molecule has 2 rings (SSSR count). The van der Waals surface area contributed by atoms with Crippen molar-refractivity contribution in [1.29, 1.82) is 0 Å². The molecule has 0 N–H and O–H groups in total. The number of alkyl halides is 1. The third kappa shape index (κ3) is 2.01. The Kier molecular flexibility index (Phi) is 3.08. The average molecular weight is 220 g/mol. The van der Waals surface area contributed by atoms with Crippen molar-refractivity contribution in [3.8, 4) is 0 Å². The summed E-state index contributed by atoms with van der Waals surface area (Å²) in [6, 6.07) is 7.11. The zero-order valence-corrected chi connectivity index (χ0v) is 9.63. The molecule has 1 aromatic carbocycles. The highest BCUT2D eigenvalue weighted by atomic mass is 19.1. The third-order valence-electron chi connectivity index (χ3n) is 3.44. The fourth-order valence-corrected chi connectivity index (χ4v) is 2.56. The molecule has 0 unspecified atom stereocenters. The van der Waals surface area contributed by atoms with Gasteiger partial charge in [0, 0.05) is 5.56 Å². The largest absolute Gasteiger partial charge is 0.294 e. The Balaban J connectivity index is 2.42. The van der Waals surface area contributed by atoms with E-state index in [2.05, 4.69) is 0 Å². The van der Waals surface area contributed by atoms with Crippen LogP contribution in [0.3, 0.4) is 0 Å². The summed E-state index contributed by atoms with van der Waals surface area (Å²) < 4.78 is 14.8. The lowest BCUT2D eigenvalue weighted by atomic mass is 9.79. The number of hydrogen-bond donors (Lipinski definition) is 0. The summed E-state index contributed by atoms with van der Waals surface area (Å²) in [5.74, 6) is -0.0433. The summed E-state index contributed by atoms with van der Waals surface area (Å²) in [7, 11) is 0. The molecule has 2 heteroatoms. The first-order chi connectivity index (χ1) is 7.63. The van der Waals surface area contributed by atoms with E-state index >= 15 is 0 Å². The van der Waals surface area contributed by atoms with Gasteiger partial charge in [-0.3, -0.25) is 4.79 Å². The van der Waals surface area contributed by atoms with Gasteiger partial charge in [-0.25, -0.2) is 4.39 Å². The number of benzene rings is 1. The van der Waals surface area contributed by atoms with Gasteiger partial charge >= 0.3 is 0 Å². The Morgan fingerprint density at radius 3 is 2.44 bits per heavy atom. The monoisotopic (exact) mass is 220 g/mol. The highest BCUT2D eigenvalue weighted by molar-refractivity contribution is 5.95. The quantitative estimate of drug-likeness (QED) is 0.688. The van der Waals surface area contributed by atoms with Crippen molar-refractivity contribution >= 4 is 5.78 Å². The lowest BCUT2D eigenvalue weighted by Gasteiger charge is -2.31. The summed E-state index contributed by atoms with van der Waals surface area (Å²) in [5, 5.41) is 0. The number of rotatable bonds is 2. The highest BCUT2D eigenvalue weighted by Crippen LogP contribution is 2.42. The van der Waals surface area contributed by atoms with Gasteiger partial charge in [0.25, 0.3) is 0 Å². The zero-order valence-electron chi connectivity index (χ0n) is 9.63. The van der Waals surface area contributed by atoms with Crippen molar-refractivity contribution in [3.63, 3.8) is 0 Å². The van der Waals surface area contributed by atoms with Gasteiger partial charge in [0.05, 0.1) is 0 Å². The molecule has 1 nitrogen and oxygen atoms in total. The Labute approximate surface area is 95.7 Å². The van der Waals surface area contributed by atoms with Gasteiger partial charge < -0.3 is 0 Å². The molecule has 0 radical (unpaired) electrons. The maximum absolute atomic E-state index is 14.8. The molecule has 0 saturated heterocycles. The molecule has 0 spiro atoms. The normalized spacial score (nSPS) is 19.4. The molecule has 0 heterocycles. The standard InChI is InChI=1S/C14H17FO/c1-11(16)12-7-3-4-8-13(12)14(15)9-5-2-6-10-14/h3-4,7-8H,2,5-6,9-10H2,1H3. The molecule has 0 bridgehead atoms. The van der Waals surface area contributed by atoms with Crippen molar-refractivity contribution in [3.05, 3.63) is 35.4 Å². The van der Waals surface area contributed by atoms with E-state index < -0.39 is 5.67 Å². The average Bonchev–Trinajstić information content (AvgIpc) is 2.30. The van der Waals surface area contributed by atoms with E-state index in [-0.39, 0.29) is 5.78 Å². The fourth-order valence-electron chi connectivity index (χ4n) is 2.56. The molecule has 0 aromatic heterocycles. The van der Waals surface area contributed by atoms with Gasteiger partial charge in [-0.05, 0) is 38.2 Å². The van der Waals surface area contributed by atoms with Crippen LogP contribution in [-0.4, -0.2) is 5.78 Å². The minimum atomic E-state index is -1.28. The van der Waals surface area contributed by atoms with Gasteiger partial charge in [0.15, 0.2) is 5.78 Å². The van der Waals surface area contributed by atoms with Crippen LogP contribution in [0.25, 0.3) is 0 Å². The first-order valence-electron chi connectivity index (χ1n) is 5.93. The molecule has 1 fully saturated rings. The summed E-state index contributed by atoms with van der Waals surface area (Å²) in [6.45, 7) is 1.50. The van der Waals surface area contributed by atoms with Crippen LogP contribution < -0.4 is 0 Å². The number of carbonyl (C=O) groups excluding carboxylic acids is 1. The Morgan fingerprint density at radius 1 is 1.19 bits per heavy atom. The van der Waals surface area contributed by atoms with Gasteiger partial charge in [0.2, 0.25) is 0 Å².